The minimum Gasteiger partial charge on any atom is -0.330 e. The molecule has 1 fully saturated rings. The summed E-state index contributed by atoms with van der Waals surface area (Å²) in [5, 5.41) is 0. The van der Waals surface area contributed by atoms with E-state index in [4.69, 9.17) is 5.73 Å². The summed E-state index contributed by atoms with van der Waals surface area (Å²) >= 11 is 0. The van der Waals surface area contributed by atoms with E-state index < -0.39 is 0 Å². The monoisotopic (exact) mass is 217 g/mol. The minimum absolute atomic E-state index is 0.356. The molecule has 3 atom stereocenters. The molecule has 1 aromatic rings. The van der Waals surface area contributed by atoms with E-state index in [1.165, 1.54) is 24.8 Å². The molecule has 0 aromatic heterocycles. The molecule has 0 bridgehead atoms. The van der Waals surface area contributed by atoms with Gasteiger partial charge in [-0.3, -0.25) is 0 Å². The first-order valence-electron chi connectivity index (χ1n) is 6.46. The fourth-order valence-corrected chi connectivity index (χ4v) is 3.04. The van der Waals surface area contributed by atoms with Gasteiger partial charge >= 0.3 is 0 Å². The molecule has 0 heterocycles. The summed E-state index contributed by atoms with van der Waals surface area (Å²) in [5.41, 5.74) is 7.83. The zero-order valence-electron chi connectivity index (χ0n) is 10.4. The molecular formula is C15H23N. The molecule has 2 N–H and O–H groups in total. The van der Waals surface area contributed by atoms with Crippen molar-refractivity contribution < 1.29 is 0 Å². The van der Waals surface area contributed by atoms with Gasteiger partial charge in [-0.05, 0) is 42.2 Å². The number of rotatable bonds is 5. The largest absolute Gasteiger partial charge is 0.330 e. The lowest BCUT2D eigenvalue weighted by molar-refractivity contribution is 0.252. The van der Waals surface area contributed by atoms with Gasteiger partial charge in [0.25, 0.3) is 0 Å². The van der Waals surface area contributed by atoms with Crippen molar-refractivity contribution in [2.75, 3.05) is 6.54 Å². The topological polar surface area (TPSA) is 26.0 Å². The highest BCUT2D eigenvalue weighted by atomic mass is 14.6. The van der Waals surface area contributed by atoms with Crippen molar-refractivity contribution in [3.05, 3.63) is 35.9 Å². The average molecular weight is 217 g/mol. The van der Waals surface area contributed by atoms with Gasteiger partial charge in [0.15, 0.2) is 0 Å². The van der Waals surface area contributed by atoms with Crippen molar-refractivity contribution in [1.82, 2.24) is 0 Å². The Morgan fingerprint density at radius 1 is 1.31 bits per heavy atom. The normalized spacial score (nSPS) is 27.4. The Balaban J connectivity index is 2.05. The van der Waals surface area contributed by atoms with Crippen molar-refractivity contribution in [1.29, 1.82) is 0 Å². The van der Waals surface area contributed by atoms with Crippen molar-refractivity contribution in [3.8, 4) is 0 Å². The molecule has 1 aliphatic rings. The third kappa shape index (κ3) is 2.15. The standard InChI is InChI=1S/C15H23N/c1-3-9-15(2,11-16)14-10-13(14)12-7-5-4-6-8-12/h4-8,13-14H,3,9-11,16H2,1-2H3. The molecule has 1 aliphatic carbocycles. The molecule has 0 aliphatic heterocycles. The smallest absolute Gasteiger partial charge is 0.00203 e. The average Bonchev–Trinajstić information content (AvgIpc) is 3.11. The maximum absolute atomic E-state index is 5.97. The van der Waals surface area contributed by atoms with Crippen LogP contribution in [0.4, 0.5) is 0 Å². The first-order valence-corrected chi connectivity index (χ1v) is 6.46. The third-order valence-corrected chi connectivity index (χ3v) is 4.20. The summed E-state index contributed by atoms with van der Waals surface area (Å²) in [6, 6.07) is 10.9. The van der Waals surface area contributed by atoms with Gasteiger partial charge in [0.1, 0.15) is 0 Å². The fraction of sp³-hybridized carbons (Fsp3) is 0.600. The molecule has 1 heteroatoms. The Hall–Kier alpha value is -0.820. The van der Waals surface area contributed by atoms with Crippen molar-refractivity contribution in [3.63, 3.8) is 0 Å². The van der Waals surface area contributed by atoms with E-state index in [0.29, 0.717) is 5.41 Å². The maximum atomic E-state index is 5.97. The van der Waals surface area contributed by atoms with Gasteiger partial charge in [-0.25, -0.2) is 0 Å². The van der Waals surface area contributed by atoms with E-state index >= 15 is 0 Å². The number of hydrogen-bond donors (Lipinski definition) is 1. The van der Waals surface area contributed by atoms with Crippen molar-refractivity contribution in [2.24, 2.45) is 17.1 Å². The van der Waals surface area contributed by atoms with Crippen LogP contribution in [0.2, 0.25) is 0 Å². The Bertz CT molecular complexity index is 333. The van der Waals surface area contributed by atoms with Gasteiger partial charge < -0.3 is 5.73 Å². The SMILES string of the molecule is CCCC(C)(CN)C1CC1c1ccccc1. The Labute approximate surface area is 99.0 Å². The lowest BCUT2D eigenvalue weighted by Gasteiger charge is -2.28. The Morgan fingerprint density at radius 2 is 2.00 bits per heavy atom. The van der Waals surface area contributed by atoms with E-state index in [1.807, 2.05) is 0 Å². The van der Waals surface area contributed by atoms with Crippen LogP contribution in [0.3, 0.4) is 0 Å². The third-order valence-electron chi connectivity index (χ3n) is 4.20. The molecule has 2 rings (SSSR count). The molecule has 1 nitrogen and oxygen atoms in total. The highest BCUT2D eigenvalue weighted by Gasteiger charge is 2.49. The number of nitrogens with two attached hydrogens (primary N) is 1. The van der Waals surface area contributed by atoms with Crippen LogP contribution in [0.5, 0.6) is 0 Å². The van der Waals surface area contributed by atoms with Gasteiger partial charge in [-0.15, -0.1) is 0 Å². The van der Waals surface area contributed by atoms with E-state index in [-0.39, 0.29) is 0 Å². The van der Waals surface area contributed by atoms with Crippen LogP contribution in [-0.4, -0.2) is 6.54 Å². The highest BCUT2D eigenvalue weighted by molar-refractivity contribution is 5.27. The van der Waals surface area contributed by atoms with Crippen LogP contribution in [0.25, 0.3) is 0 Å². The Morgan fingerprint density at radius 3 is 2.56 bits per heavy atom. The van der Waals surface area contributed by atoms with Crippen LogP contribution in [-0.2, 0) is 0 Å². The van der Waals surface area contributed by atoms with Crippen LogP contribution < -0.4 is 5.73 Å². The lowest BCUT2D eigenvalue weighted by atomic mass is 9.79. The predicted molar refractivity (Wildman–Crippen MR) is 69.4 cm³/mol. The van der Waals surface area contributed by atoms with Crippen LogP contribution in [0.1, 0.15) is 44.6 Å². The second-order valence-corrected chi connectivity index (χ2v) is 5.47. The second-order valence-electron chi connectivity index (χ2n) is 5.47. The van der Waals surface area contributed by atoms with Gasteiger partial charge in [-0.1, -0.05) is 50.6 Å². The predicted octanol–water partition coefficient (Wildman–Crippen LogP) is 3.56. The van der Waals surface area contributed by atoms with E-state index in [0.717, 1.165) is 18.4 Å². The van der Waals surface area contributed by atoms with E-state index in [1.54, 1.807) is 0 Å². The summed E-state index contributed by atoms with van der Waals surface area (Å²) in [7, 11) is 0. The molecule has 1 saturated carbocycles. The lowest BCUT2D eigenvalue weighted by Crippen LogP contribution is -2.29. The first-order chi connectivity index (χ1) is 7.71. The molecule has 3 unspecified atom stereocenters. The quantitative estimate of drug-likeness (QED) is 0.802. The zero-order valence-corrected chi connectivity index (χ0v) is 10.4. The van der Waals surface area contributed by atoms with Gasteiger partial charge in [0, 0.05) is 0 Å². The van der Waals surface area contributed by atoms with E-state index in [9.17, 15) is 0 Å². The van der Waals surface area contributed by atoms with Crippen LogP contribution in [0, 0.1) is 11.3 Å². The number of hydrogen-bond acceptors (Lipinski definition) is 1. The van der Waals surface area contributed by atoms with Crippen LogP contribution in [0.15, 0.2) is 30.3 Å². The summed E-state index contributed by atoms with van der Waals surface area (Å²) in [5.74, 6) is 1.57. The molecule has 16 heavy (non-hydrogen) atoms. The number of benzene rings is 1. The molecule has 0 amide bonds. The molecule has 0 saturated heterocycles. The second kappa shape index (κ2) is 4.58. The molecule has 88 valence electrons. The molecule has 0 radical (unpaired) electrons. The van der Waals surface area contributed by atoms with Crippen molar-refractivity contribution in [2.45, 2.75) is 39.0 Å². The van der Waals surface area contributed by atoms with Crippen molar-refractivity contribution >= 4 is 0 Å². The molecule has 0 spiro atoms. The van der Waals surface area contributed by atoms with E-state index in [2.05, 4.69) is 44.2 Å². The first kappa shape index (κ1) is 11.7. The van der Waals surface area contributed by atoms with Gasteiger partial charge in [0.05, 0.1) is 0 Å². The van der Waals surface area contributed by atoms with Crippen LogP contribution >= 0.6 is 0 Å². The summed E-state index contributed by atoms with van der Waals surface area (Å²) in [6.07, 6.45) is 3.83. The van der Waals surface area contributed by atoms with Gasteiger partial charge in [0.2, 0.25) is 0 Å². The minimum atomic E-state index is 0.356. The molecular weight excluding hydrogens is 194 g/mol. The Kier molecular flexibility index (Phi) is 3.34. The summed E-state index contributed by atoms with van der Waals surface area (Å²) in [6.45, 7) is 5.45. The zero-order chi connectivity index (χ0) is 11.6. The maximum Gasteiger partial charge on any atom is -0.00203 e. The van der Waals surface area contributed by atoms with Gasteiger partial charge in [-0.2, -0.15) is 0 Å². The fourth-order valence-electron chi connectivity index (χ4n) is 3.04. The summed E-state index contributed by atoms with van der Waals surface area (Å²) in [4.78, 5) is 0. The highest BCUT2D eigenvalue weighted by Crippen LogP contribution is 2.58. The molecule has 1 aromatic carbocycles. The summed E-state index contributed by atoms with van der Waals surface area (Å²) < 4.78 is 0.